The summed E-state index contributed by atoms with van der Waals surface area (Å²) in [5.74, 6) is -1.26. The zero-order valence-electron chi connectivity index (χ0n) is 14.8. The highest BCUT2D eigenvalue weighted by molar-refractivity contribution is 7.89. The van der Waals surface area contributed by atoms with Crippen LogP contribution in [0.15, 0.2) is 41.3 Å². The number of nitrogens with zero attached hydrogens (tertiary/aromatic N) is 1. The van der Waals surface area contributed by atoms with Crippen LogP contribution >= 0.6 is 0 Å². The fraction of sp³-hybridized carbons (Fsp3) is 0.263. The van der Waals surface area contributed by atoms with E-state index in [0.717, 1.165) is 5.56 Å². The lowest BCUT2D eigenvalue weighted by Gasteiger charge is -2.18. The molecule has 0 aliphatic carbocycles. The number of nitrogens with one attached hydrogen (secondary N) is 1. The molecule has 0 saturated carbocycles. The molecule has 0 fully saturated rings. The molecule has 1 atom stereocenters. The fourth-order valence-electron chi connectivity index (χ4n) is 2.97. The van der Waals surface area contributed by atoms with Gasteiger partial charge in [-0.3, -0.25) is 4.79 Å². The number of carbonyl (C=O) groups is 1. The number of benzene rings is 2. The maximum atomic E-state index is 12.8. The SMILES string of the molecule is Cc1cc(C)c(S(=O)(=O)NC(Cc2ccc(C#N)cc2)C(=O)O)c(C)c1. The van der Waals surface area contributed by atoms with Gasteiger partial charge in [-0.05, 0) is 56.0 Å². The van der Waals surface area contributed by atoms with Crippen molar-refractivity contribution in [2.75, 3.05) is 0 Å². The zero-order valence-corrected chi connectivity index (χ0v) is 15.6. The Morgan fingerprint density at radius 2 is 1.69 bits per heavy atom. The van der Waals surface area contributed by atoms with E-state index in [1.165, 1.54) is 0 Å². The van der Waals surface area contributed by atoms with Crippen LogP contribution in [0.5, 0.6) is 0 Å². The van der Waals surface area contributed by atoms with E-state index in [0.29, 0.717) is 22.3 Å². The minimum absolute atomic E-state index is 0.0236. The summed E-state index contributed by atoms with van der Waals surface area (Å²) in [6.07, 6.45) is -0.0236. The van der Waals surface area contributed by atoms with Crippen molar-refractivity contribution in [1.82, 2.24) is 4.72 Å². The molecule has 0 amide bonds. The number of aliphatic carboxylic acids is 1. The maximum absolute atomic E-state index is 12.8. The van der Waals surface area contributed by atoms with Gasteiger partial charge in [0.1, 0.15) is 6.04 Å². The summed E-state index contributed by atoms with van der Waals surface area (Å²) in [5.41, 5.74) is 3.14. The number of carboxylic acid groups (broad SMARTS) is 1. The molecule has 0 spiro atoms. The van der Waals surface area contributed by atoms with E-state index >= 15 is 0 Å². The Bertz CT molecular complexity index is 951. The lowest BCUT2D eigenvalue weighted by Crippen LogP contribution is -2.42. The summed E-state index contributed by atoms with van der Waals surface area (Å²) in [7, 11) is -4.00. The molecule has 0 aliphatic rings. The van der Waals surface area contributed by atoms with Crippen LogP contribution in [0.2, 0.25) is 0 Å². The van der Waals surface area contributed by atoms with Gasteiger partial charge in [-0.1, -0.05) is 29.8 Å². The Kier molecular flexibility index (Phi) is 5.80. The van der Waals surface area contributed by atoms with Gasteiger partial charge in [0.2, 0.25) is 10.0 Å². The molecule has 2 N–H and O–H groups in total. The standard InChI is InChI=1S/C19H20N2O4S/c1-12-8-13(2)18(14(3)9-12)26(24,25)21-17(19(22)23)10-15-4-6-16(11-20)7-5-15/h4-9,17,21H,10H2,1-3H3,(H,22,23). The van der Waals surface area contributed by atoms with Gasteiger partial charge in [-0.2, -0.15) is 9.98 Å². The van der Waals surface area contributed by atoms with Crippen molar-refractivity contribution >= 4 is 16.0 Å². The van der Waals surface area contributed by atoms with Crippen LogP contribution < -0.4 is 4.72 Å². The molecule has 136 valence electrons. The monoisotopic (exact) mass is 372 g/mol. The number of hydrogen-bond acceptors (Lipinski definition) is 4. The number of nitriles is 1. The zero-order chi connectivity index (χ0) is 19.5. The summed E-state index contributed by atoms with van der Waals surface area (Å²) in [4.78, 5) is 11.7. The number of aryl methyl sites for hydroxylation is 3. The van der Waals surface area contributed by atoms with Crippen molar-refractivity contribution in [3.8, 4) is 6.07 Å². The van der Waals surface area contributed by atoms with E-state index in [4.69, 9.17) is 5.26 Å². The number of sulfonamides is 1. The molecule has 1 unspecified atom stereocenters. The molecule has 26 heavy (non-hydrogen) atoms. The molecular weight excluding hydrogens is 352 g/mol. The van der Waals surface area contributed by atoms with Gasteiger partial charge in [0.15, 0.2) is 0 Å². The molecule has 6 nitrogen and oxygen atoms in total. The van der Waals surface area contributed by atoms with Gasteiger partial charge in [0.25, 0.3) is 0 Å². The van der Waals surface area contributed by atoms with Crippen LogP contribution in [0.1, 0.15) is 27.8 Å². The second-order valence-corrected chi connectivity index (χ2v) is 7.90. The Morgan fingerprint density at radius 3 is 2.15 bits per heavy atom. The average Bonchev–Trinajstić information content (AvgIpc) is 2.53. The highest BCUT2D eigenvalue weighted by Crippen LogP contribution is 2.22. The molecular formula is C19H20N2O4S. The minimum Gasteiger partial charge on any atom is -0.480 e. The van der Waals surface area contributed by atoms with Crippen molar-refractivity contribution in [1.29, 1.82) is 5.26 Å². The molecule has 2 aromatic rings. The van der Waals surface area contributed by atoms with Gasteiger partial charge in [0.05, 0.1) is 16.5 Å². The lowest BCUT2D eigenvalue weighted by molar-refractivity contribution is -0.138. The van der Waals surface area contributed by atoms with Crippen molar-refractivity contribution in [2.45, 2.75) is 38.1 Å². The minimum atomic E-state index is -4.00. The fourth-order valence-corrected chi connectivity index (χ4v) is 4.61. The van der Waals surface area contributed by atoms with Gasteiger partial charge in [-0.15, -0.1) is 0 Å². The van der Waals surface area contributed by atoms with Crippen LogP contribution in [-0.2, 0) is 21.2 Å². The normalized spacial score (nSPS) is 12.4. The summed E-state index contributed by atoms with van der Waals surface area (Å²) in [6, 6.07) is 10.5. The summed E-state index contributed by atoms with van der Waals surface area (Å²) >= 11 is 0. The molecule has 0 bridgehead atoms. The summed E-state index contributed by atoms with van der Waals surface area (Å²) < 4.78 is 27.8. The maximum Gasteiger partial charge on any atom is 0.322 e. The second kappa shape index (κ2) is 7.68. The molecule has 2 rings (SSSR count). The van der Waals surface area contributed by atoms with E-state index in [-0.39, 0.29) is 11.3 Å². The van der Waals surface area contributed by atoms with Gasteiger partial charge in [0, 0.05) is 0 Å². The Morgan fingerprint density at radius 1 is 1.15 bits per heavy atom. The van der Waals surface area contributed by atoms with Crippen molar-refractivity contribution in [3.05, 3.63) is 64.2 Å². The molecule has 0 aliphatic heterocycles. The molecule has 0 aromatic heterocycles. The smallest absolute Gasteiger partial charge is 0.322 e. The van der Waals surface area contributed by atoms with Crippen LogP contribution in [-0.4, -0.2) is 25.5 Å². The Hall–Kier alpha value is -2.69. The van der Waals surface area contributed by atoms with Gasteiger partial charge in [-0.25, -0.2) is 8.42 Å². The molecule has 7 heteroatoms. The first-order chi connectivity index (χ1) is 12.1. The van der Waals surface area contributed by atoms with Crippen LogP contribution in [0.25, 0.3) is 0 Å². The highest BCUT2D eigenvalue weighted by atomic mass is 32.2. The first-order valence-electron chi connectivity index (χ1n) is 7.96. The first kappa shape index (κ1) is 19.6. The van der Waals surface area contributed by atoms with E-state index < -0.39 is 22.0 Å². The Labute approximate surface area is 153 Å². The Balaban J connectivity index is 2.31. The van der Waals surface area contributed by atoms with Gasteiger partial charge >= 0.3 is 5.97 Å². The second-order valence-electron chi connectivity index (χ2n) is 6.25. The van der Waals surface area contributed by atoms with Crippen LogP contribution in [0, 0.1) is 32.1 Å². The largest absolute Gasteiger partial charge is 0.480 e. The van der Waals surface area contributed by atoms with E-state index in [9.17, 15) is 18.3 Å². The van der Waals surface area contributed by atoms with Crippen LogP contribution in [0.4, 0.5) is 0 Å². The van der Waals surface area contributed by atoms with E-state index in [1.54, 1.807) is 50.2 Å². The van der Waals surface area contributed by atoms with Crippen molar-refractivity contribution in [3.63, 3.8) is 0 Å². The predicted octanol–water partition coefficient (Wildman–Crippen LogP) is 2.46. The van der Waals surface area contributed by atoms with E-state index in [2.05, 4.69) is 4.72 Å². The number of rotatable bonds is 6. The van der Waals surface area contributed by atoms with E-state index in [1.807, 2.05) is 13.0 Å². The summed E-state index contributed by atoms with van der Waals surface area (Å²) in [6.45, 7) is 5.24. The third-order valence-corrected chi connectivity index (χ3v) is 5.77. The quantitative estimate of drug-likeness (QED) is 0.810. The molecule has 2 aromatic carbocycles. The third-order valence-electron chi connectivity index (χ3n) is 3.99. The van der Waals surface area contributed by atoms with Gasteiger partial charge < -0.3 is 5.11 Å². The van der Waals surface area contributed by atoms with Crippen molar-refractivity contribution < 1.29 is 18.3 Å². The lowest BCUT2D eigenvalue weighted by atomic mass is 10.1. The number of carboxylic acids is 1. The van der Waals surface area contributed by atoms with Crippen molar-refractivity contribution in [2.24, 2.45) is 0 Å². The highest BCUT2D eigenvalue weighted by Gasteiger charge is 2.28. The topological polar surface area (TPSA) is 107 Å². The summed E-state index contributed by atoms with van der Waals surface area (Å²) in [5, 5.41) is 18.3. The van der Waals surface area contributed by atoms with Crippen LogP contribution in [0.3, 0.4) is 0 Å². The predicted molar refractivity (Wildman–Crippen MR) is 97.3 cm³/mol. The number of hydrogen-bond donors (Lipinski definition) is 2. The average molecular weight is 372 g/mol. The molecule has 0 heterocycles. The molecule has 0 radical (unpaired) electrons. The third kappa shape index (κ3) is 4.48. The first-order valence-corrected chi connectivity index (χ1v) is 9.44. The molecule has 0 saturated heterocycles.